The van der Waals surface area contributed by atoms with Crippen LogP contribution < -0.4 is 10.5 Å². The minimum atomic E-state index is -4.42. The van der Waals surface area contributed by atoms with Crippen molar-refractivity contribution in [3.8, 4) is 0 Å². The Bertz CT molecular complexity index is 743. The fourth-order valence-corrected chi connectivity index (χ4v) is 2.96. The average Bonchev–Trinajstić information content (AvgIpc) is 2.25. The third-order valence-corrected chi connectivity index (χ3v) is 4.03. The molecule has 2 aromatic rings. The smallest absolute Gasteiger partial charge is 0.267 e. The van der Waals surface area contributed by atoms with Gasteiger partial charge in [-0.1, -0.05) is 17.7 Å². The van der Waals surface area contributed by atoms with Crippen molar-refractivity contribution in [2.75, 3.05) is 10.5 Å². The molecule has 0 aliphatic heterocycles. The second-order valence-electron chi connectivity index (χ2n) is 3.93. The summed E-state index contributed by atoms with van der Waals surface area (Å²) in [6.45, 7) is 0. The molecule has 0 atom stereocenters. The van der Waals surface area contributed by atoms with Crippen LogP contribution in [0.5, 0.6) is 0 Å². The van der Waals surface area contributed by atoms with E-state index < -0.39 is 26.6 Å². The molecule has 2 aromatic carbocycles. The van der Waals surface area contributed by atoms with Gasteiger partial charge in [-0.2, -0.15) is 0 Å². The maximum Gasteiger partial charge on any atom is 0.267 e. The highest BCUT2D eigenvalue weighted by molar-refractivity contribution is 7.92. The highest BCUT2D eigenvalue weighted by Crippen LogP contribution is 2.25. The minimum absolute atomic E-state index is 0.0909. The zero-order chi connectivity index (χ0) is 14.9. The quantitative estimate of drug-likeness (QED) is 0.854. The molecule has 0 spiro atoms. The molecule has 2 rings (SSSR count). The zero-order valence-electron chi connectivity index (χ0n) is 9.90. The number of sulfonamides is 1. The van der Waals surface area contributed by atoms with E-state index in [1.165, 1.54) is 24.3 Å². The Morgan fingerprint density at radius 3 is 2.25 bits per heavy atom. The minimum Gasteiger partial charge on any atom is -0.399 e. The topological polar surface area (TPSA) is 72.2 Å². The lowest BCUT2D eigenvalue weighted by atomic mass is 10.3. The van der Waals surface area contributed by atoms with Gasteiger partial charge < -0.3 is 5.73 Å². The molecular formula is C12H9ClF2N2O2S. The molecule has 0 saturated carbocycles. The molecule has 0 aliphatic carbocycles. The second-order valence-corrected chi connectivity index (χ2v) is 5.99. The van der Waals surface area contributed by atoms with Gasteiger partial charge in [-0.15, -0.1) is 0 Å². The van der Waals surface area contributed by atoms with Gasteiger partial charge in [0.1, 0.15) is 11.6 Å². The monoisotopic (exact) mass is 318 g/mol. The molecule has 0 fully saturated rings. The van der Waals surface area contributed by atoms with E-state index in [1.807, 2.05) is 4.72 Å². The van der Waals surface area contributed by atoms with Crippen molar-refractivity contribution >= 4 is 33.0 Å². The highest BCUT2D eigenvalue weighted by atomic mass is 35.5. The number of halogens is 3. The summed E-state index contributed by atoms with van der Waals surface area (Å²) in [5.74, 6) is -2.53. The maximum absolute atomic E-state index is 13.6. The lowest BCUT2D eigenvalue weighted by Gasteiger charge is -2.10. The van der Waals surface area contributed by atoms with Crippen LogP contribution in [0.15, 0.2) is 41.3 Å². The summed E-state index contributed by atoms with van der Waals surface area (Å²) in [6, 6.07) is 7.20. The summed E-state index contributed by atoms with van der Waals surface area (Å²) in [7, 11) is -4.42. The fourth-order valence-electron chi connectivity index (χ4n) is 1.59. The van der Waals surface area contributed by atoms with Crippen LogP contribution in [0.4, 0.5) is 20.2 Å². The Hall–Kier alpha value is -1.86. The summed E-state index contributed by atoms with van der Waals surface area (Å²) in [5.41, 5.74) is 5.12. The van der Waals surface area contributed by atoms with Crippen LogP contribution >= 0.6 is 11.6 Å². The van der Waals surface area contributed by atoms with Crippen LogP contribution in [0.25, 0.3) is 0 Å². The Morgan fingerprint density at radius 2 is 1.70 bits per heavy atom. The van der Waals surface area contributed by atoms with Gasteiger partial charge in [0, 0.05) is 10.7 Å². The van der Waals surface area contributed by atoms with Gasteiger partial charge in [-0.05, 0) is 30.3 Å². The molecule has 0 saturated heterocycles. The number of nitrogens with two attached hydrogens (primary N) is 1. The lowest BCUT2D eigenvalue weighted by Crippen LogP contribution is -2.16. The number of benzene rings is 2. The van der Waals surface area contributed by atoms with Gasteiger partial charge in [0.2, 0.25) is 0 Å². The van der Waals surface area contributed by atoms with E-state index in [0.29, 0.717) is 0 Å². The van der Waals surface area contributed by atoms with Crippen LogP contribution in [0.3, 0.4) is 0 Å². The van der Waals surface area contributed by atoms with E-state index in [-0.39, 0.29) is 16.4 Å². The summed E-state index contributed by atoms with van der Waals surface area (Å²) in [6.07, 6.45) is 0. The van der Waals surface area contributed by atoms with Crippen molar-refractivity contribution in [3.05, 3.63) is 53.1 Å². The molecule has 106 valence electrons. The first-order valence-electron chi connectivity index (χ1n) is 5.32. The molecule has 3 N–H and O–H groups in total. The molecule has 0 heterocycles. The maximum atomic E-state index is 13.6. The lowest BCUT2D eigenvalue weighted by molar-refractivity contribution is 0.522. The molecule has 0 unspecified atom stereocenters. The van der Waals surface area contributed by atoms with Gasteiger partial charge >= 0.3 is 0 Å². The summed E-state index contributed by atoms with van der Waals surface area (Å²) in [4.78, 5) is -1.09. The standard InChI is InChI=1S/C12H9ClF2N2O2S/c13-7-2-1-3-9(4-7)17-20(18,19)12-10(14)5-8(16)6-11(12)15/h1-6,17H,16H2. The summed E-state index contributed by atoms with van der Waals surface area (Å²) >= 11 is 5.70. The molecule has 0 aliphatic rings. The number of anilines is 2. The molecule has 8 heteroatoms. The van der Waals surface area contributed by atoms with Crippen LogP contribution in [0.2, 0.25) is 5.02 Å². The number of rotatable bonds is 3. The van der Waals surface area contributed by atoms with Crippen LogP contribution in [-0.2, 0) is 10.0 Å². The van der Waals surface area contributed by atoms with Crippen molar-refractivity contribution in [2.45, 2.75) is 4.90 Å². The third-order valence-electron chi connectivity index (χ3n) is 2.37. The largest absolute Gasteiger partial charge is 0.399 e. The number of nitrogen functional groups attached to an aromatic ring is 1. The molecule has 20 heavy (non-hydrogen) atoms. The summed E-state index contributed by atoms with van der Waals surface area (Å²) in [5, 5.41) is 0.281. The van der Waals surface area contributed by atoms with Crippen molar-refractivity contribution in [3.63, 3.8) is 0 Å². The second kappa shape index (κ2) is 5.26. The SMILES string of the molecule is Nc1cc(F)c(S(=O)(=O)Nc2cccc(Cl)c2)c(F)c1. The molecule has 0 radical (unpaired) electrons. The number of hydrogen-bond acceptors (Lipinski definition) is 3. The predicted molar refractivity (Wildman–Crippen MR) is 73.0 cm³/mol. The Kier molecular flexibility index (Phi) is 3.82. The van der Waals surface area contributed by atoms with Crippen molar-refractivity contribution in [2.24, 2.45) is 0 Å². The Morgan fingerprint density at radius 1 is 1.10 bits per heavy atom. The molecule has 0 aromatic heterocycles. The first kappa shape index (κ1) is 14.5. The van der Waals surface area contributed by atoms with E-state index >= 15 is 0 Å². The zero-order valence-corrected chi connectivity index (χ0v) is 11.5. The van der Waals surface area contributed by atoms with E-state index in [2.05, 4.69) is 0 Å². The van der Waals surface area contributed by atoms with Gasteiger partial charge in [0.05, 0.1) is 5.69 Å². The van der Waals surface area contributed by atoms with Gasteiger partial charge in [-0.25, -0.2) is 17.2 Å². The molecule has 0 amide bonds. The summed E-state index contributed by atoms with van der Waals surface area (Å²) < 4.78 is 53.3. The average molecular weight is 319 g/mol. The van der Waals surface area contributed by atoms with Gasteiger partial charge in [0.15, 0.2) is 4.90 Å². The molecular weight excluding hydrogens is 310 g/mol. The molecule has 4 nitrogen and oxygen atoms in total. The van der Waals surface area contributed by atoms with Crippen molar-refractivity contribution < 1.29 is 17.2 Å². The third kappa shape index (κ3) is 3.00. The Labute approximate surface area is 119 Å². The molecule has 0 bridgehead atoms. The van der Waals surface area contributed by atoms with E-state index in [9.17, 15) is 17.2 Å². The van der Waals surface area contributed by atoms with Gasteiger partial charge in [-0.3, -0.25) is 4.72 Å². The fraction of sp³-hybridized carbons (Fsp3) is 0. The van der Waals surface area contributed by atoms with Gasteiger partial charge in [0.25, 0.3) is 10.0 Å². The normalized spacial score (nSPS) is 11.3. The predicted octanol–water partition coefficient (Wildman–Crippen LogP) is 3.00. The Balaban J connectivity index is 2.46. The van der Waals surface area contributed by atoms with E-state index in [1.54, 1.807) is 0 Å². The first-order chi connectivity index (χ1) is 9.29. The number of hydrogen-bond donors (Lipinski definition) is 2. The van der Waals surface area contributed by atoms with E-state index in [0.717, 1.165) is 12.1 Å². The van der Waals surface area contributed by atoms with Crippen molar-refractivity contribution in [1.82, 2.24) is 0 Å². The van der Waals surface area contributed by atoms with Crippen molar-refractivity contribution in [1.29, 1.82) is 0 Å². The first-order valence-corrected chi connectivity index (χ1v) is 7.18. The van der Waals surface area contributed by atoms with E-state index in [4.69, 9.17) is 17.3 Å². The van der Waals surface area contributed by atoms with Crippen LogP contribution in [-0.4, -0.2) is 8.42 Å². The van der Waals surface area contributed by atoms with Crippen LogP contribution in [0, 0.1) is 11.6 Å². The van der Waals surface area contributed by atoms with Crippen LogP contribution in [0.1, 0.15) is 0 Å². The number of nitrogens with one attached hydrogen (secondary N) is 1. The highest BCUT2D eigenvalue weighted by Gasteiger charge is 2.24.